The van der Waals surface area contributed by atoms with Crippen LogP contribution in [-0.2, 0) is 114 Å². The van der Waals surface area contributed by atoms with Gasteiger partial charge in [-0.05, 0) is 177 Å². The summed E-state index contributed by atoms with van der Waals surface area (Å²) in [7, 11) is 0. The molecule has 6 rings (SSSR count). The molecule has 642 valence electrons. The number of carbonyl (C=O) groups is 12. The normalized spacial score (nSPS) is 22.9. The molecule has 6 saturated heterocycles. The second-order valence-corrected chi connectivity index (χ2v) is 31.9. The van der Waals surface area contributed by atoms with E-state index in [1.54, 1.807) is 69.2 Å². The maximum Gasteiger partial charge on any atom is 0.351 e. The minimum atomic E-state index is -1.15. The van der Waals surface area contributed by atoms with Gasteiger partial charge in [0.05, 0.1) is 52.1 Å². The van der Waals surface area contributed by atoms with Crippen LogP contribution in [0.25, 0.3) is 0 Å². The van der Waals surface area contributed by atoms with Gasteiger partial charge in [-0.15, -0.1) is 0 Å². The van der Waals surface area contributed by atoms with Gasteiger partial charge in [0.2, 0.25) is 29.5 Å². The zero-order valence-corrected chi connectivity index (χ0v) is 62.7. The average Bonchev–Trinajstić information content (AvgIpc) is 1.66. The summed E-state index contributed by atoms with van der Waals surface area (Å²) in [5.41, 5.74) is -7.71. The highest BCUT2D eigenvalue weighted by molar-refractivity contribution is 5.88. The van der Waals surface area contributed by atoms with Crippen molar-refractivity contribution in [1.82, 2.24) is 0 Å². The Morgan fingerprint density at radius 1 is 0.402 bits per heavy atom. The highest BCUT2D eigenvalue weighted by Crippen LogP contribution is 2.40. The zero-order valence-electron chi connectivity index (χ0n) is 62.7. The summed E-state index contributed by atoms with van der Waals surface area (Å²) in [5.74, 6) is -4.45. The predicted molar refractivity (Wildman–Crippen MR) is 429 cm³/mol. The fourth-order valence-corrected chi connectivity index (χ4v) is 8.46. The van der Waals surface area contributed by atoms with E-state index >= 15 is 0 Å². The first-order chi connectivity index (χ1) is 42.9. The summed E-state index contributed by atoms with van der Waals surface area (Å²) >= 11 is 0. The Kier molecular flexibility index (Phi) is 58.3. The van der Waals surface area contributed by atoms with Crippen molar-refractivity contribution in [2.75, 3.05) is 19.8 Å². The molecule has 0 amide bonds. The Labute approximate surface area is 653 Å². The molecule has 7 unspecified atom stereocenters. The van der Waals surface area contributed by atoms with Crippen LogP contribution in [0.3, 0.4) is 0 Å². The van der Waals surface area contributed by atoms with E-state index in [2.05, 4.69) is 0 Å². The van der Waals surface area contributed by atoms with Gasteiger partial charge >= 0.3 is 71.6 Å². The molecule has 24 heteroatoms. The topological polar surface area (TPSA) is 316 Å². The standard InChI is InChI=1S/C13H22O4.3C12H20O4.2C11H18O4.12CH4/c1-7-11(2,3)9(14)17-13(6)8-12(4,5)16-10(13)15;1-6-11(2,3)10(14)16-8-9(13)15-7-12(8,4)5;1-6-11(2,3)10(14)15-8-7-12(4,5)16-9(8)13;1-5-11(2,3)10(14)16-12(4)6-7-15-9(13)8-12;1-5-10(2,3)8(12)15-11(4)6-7-14-9(11)13;1-5-11(3,4)10(13)15-8-6-7(2)14-9(8)12;;;;;;;;;;;;/h7-8H2,1-6H3;2*8H,6-7H2,1-5H3;5-8H2,1-4H3;5-7H2,1-4H3;7-8H,5-6H2,1-4H3;12*1H4. The molecule has 0 spiro atoms. The molecule has 0 N–H and O–H groups in total. The molecular weight excluding hydrogens is 1380 g/mol. The Morgan fingerprint density at radius 2 is 0.757 bits per heavy atom. The maximum atomic E-state index is 12.0. The van der Waals surface area contributed by atoms with Crippen molar-refractivity contribution in [2.45, 2.75) is 412 Å². The largest absolute Gasteiger partial charge is 0.465 e. The molecule has 6 aliphatic heterocycles. The molecule has 0 aromatic heterocycles. The van der Waals surface area contributed by atoms with E-state index in [9.17, 15) is 57.5 Å². The van der Waals surface area contributed by atoms with Crippen LogP contribution < -0.4 is 0 Å². The number of ether oxygens (including phenoxy) is 12. The summed E-state index contributed by atoms with van der Waals surface area (Å²) in [4.78, 5) is 139. The number of cyclic esters (lactones) is 6. The van der Waals surface area contributed by atoms with Gasteiger partial charge in [0.1, 0.15) is 29.5 Å². The Hall–Kier alpha value is -6.36. The summed E-state index contributed by atoms with van der Waals surface area (Å²) in [5, 5.41) is 0. The van der Waals surface area contributed by atoms with Crippen molar-refractivity contribution < 1.29 is 114 Å². The summed E-state index contributed by atoms with van der Waals surface area (Å²) in [6.07, 6.45) is 4.17. The van der Waals surface area contributed by atoms with Crippen LogP contribution in [0.4, 0.5) is 0 Å². The van der Waals surface area contributed by atoms with Gasteiger partial charge in [0.15, 0.2) is 0 Å². The van der Waals surface area contributed by atoms with Gasteiger partial charge in [-0.2, -0.15) is 0 Å². The fraction of sp³-hybridized carbons (Fsp3) is 0.855. The Bertz CT molecular complexity index is 2750. The second-order valence-electron chi connectivity index (χ2n) is 31.9. The molecule has 6 fully saturated rings. The molecule has 0 aliphatic carbocycles. The third-order valence-electron chi connectivity index (χ3n) is 18.5. The van der Waals surface area contributed by atoms with Crippen molar-refractivity contribution in [3.63, 3.8) is 0 Å². The minimum absolute atomic E-state index is 0. The Balaban J connectivity index is -0.0000000990. The summed E-state index contributed by atoms with van der Waals surface area (Å²) < 4.78 is 61.5. The number of carbonyl (C=O) groups excluding carboxylic acids is 12. The molecule has 6 aliphatic rings. The smallest absolute Gasteiger partial charge is 0.351 e. The van der Waals surface area contributed by atoms with Crippen molar-refractivity contribution in [3.05, 3.63) is 0 Å². The van der Waals surface area contributed by atoms with Crippen molar-refractivity contribution in [2.24, 2.45) is 37.9 Å². The van der Waals surface area contributed by atoms with E-state index in [0.29, 0.717) is 90.4 Å². The highest BCUT2D eigenvalue weighted by atomic mass is 16.6. The number of hydrogen-bond acceptors (Lipinski definition) is 24. The highest BCUT2D eigenvalue weighted by Gasteiger charge is 2.54. The summed E-state index contributed by atoms with van der Waals surface area (Å²) in [6, 6.07) is 0. The van der Waals surface area contributed by atoms with Gasteiger partial charge in [-0.3, -0.25) is 33.6 Å². The molecule has 6 heterocycles. The van der Waals surface area contributed by atoms with Gasteiger partial charge in [-0.25, -0.2) is 24.0 Å². The zero-order chi connectivity index (χ0) is 74.3. The van der Waals surface area contributed by atoms with Gasteiger partial charge in [0, 0.05) is 37.5 Å². The van der Waals surface area contributed by atoms with Gasteiger partial charge in [0.25, 0.3) is 0 Å². The number of hydrogen-bond donors (Lipinski definition) is 0. The SMILES string of the molecule is C.C.C.C.C.C.C.C.C.C.C.C.CCC(C)(C)C(=O)OC1(C)CC(C)(C)OC1=O.CCC(C)(C)C(=O)OC1(C)CCOC(=O)C1.CCC(C)(C)C(=O)OC1(C)CCOC1=O.CCC(C)(C)C(=O)OC1C(=O)OCC1(C)C.CCC(C)(C)C(=O)OC1CC(C)(C)OC1=O.CCC(C)(C)C(=O)OC1CC(C)OC1=O. The molecule has 7 atom stereocenters. The maximum absolute atomic E-state index is 12.0. The molecule has 0 aromatic carbocycles. The van der Waals surface area contributed by atoms with Crippen LogP contribution in [0.2, 0.25) is 0 Å². The van der Waals surface area contributed by atoms with Crippen LogP contribution in [0.15, 0.2) is 0 Å². The lowest BCUT2D eigenvalue weighted by Gasteiger charge is -2.35. The fourth-order valence-electron chi connectivity index (χ4n) is 8.46. The first kappa shape index (κ1) is 127. The molecular formula is C83H166O24. The van der Waals surface area contributed by atoms with Crippen molar-refractivity contribution in [3.8, 4) is 0 Å². The van der Waals surface area contributed by atoms with Crippen LogP contribution in [0.5, 0.6) is 0 Å². The lowest BCUT2D eigenvalue weighted by Crippen LogP contribution is -2.43. The van der Waals surface area contributed by atoms with Crippen molar-refractivity contribution in [1.29, 1.82) is 0 Å². The van der Waals surface area contributed by atoms with E-state index in [1.807, 2.05) is 125 Å². The minimum Gasteiger partial charge on any atom is -0.465 e. The van der Waals surface area contributed by atoms with Crippen molar-refractivity contribution >= 4 is 71.6 Å². The lowest BCUT2D eigenvalue weighted by molar-refractivity contribution is -0.182. The van der Waals surface area contributed by atoms with Crippen LogP contribution in [0.1, 0.15) is 360 Å². The van der Waals surface area contributed by atoms with E-state index in [1.165, 1.54) is 0 Å². The first-order valence-electron chi connectivity index (χ1n) is 33.4. The third kappa shape index (κ3) is 37.7. The molecule has 24 nitrogen and oxygen atoms in total. The quantitative estimate of drug-likeness (QED) is 0.0909. The first-order valence-corrected chi connectivity index (χ1v) is 33.4. The molecule has 0 saturated carbocycles. The van der Waals surface area contributed by atoms with Gasteiger partial charge < -0.3 is 56.8 Å². The average molecular weight is 1550 g/mol. The van der Waals surface area contributed by atoms with Gasteiger partial charge in [-0.1, -0.05) is 145 Å². The Morgan fingerprint density at radius 3 is 1.06 bits per heavy atom. The monoisotopic (exact) mass is 1550 g/mol. The molecule has 107 heavy (non-hydrogen) atoms. The van der Waals surface area contributed by atoms with E-state index in [-0.39, 0.29) is 143 Å². The van der Waals surface area contributed by atoms with E-state index < -0.39 is 114 Å². The molecule has 0 aromatic rings. The summed E-state index contributed by atoms with van der Waals surface area (Å²) in [6.45, 7) is 52.0. The van der Waals surface area contributed by atoms with E-state index in [0.717, 1.165) is 0 Å². The molecule has 0 radical (unpaired) electrons. The number of esters is 12. The van der Waals surface area contributed by atoms with Crippen LogP contribution in [0, 0.1) is 37.9 Å². The predicted octanol–water partition coefficient (Wildman–Crippen LogP) is 19.5. The van der Waals surface area contributed by atoms with Crippen LogP contribution >= 0.6 is 0 Å². The second kappa shape index (κ2) is 49.0. The third-order valence-corrected chi connectivity index (χ3v) is 18.5. The van der Waals surface area contributed by atoms with Crippen LogP contribution in [-0.4, -0.2) is 144 Å². The number of rotatable bonds is 18. The van der Waals surface area contributed by atoms with E-state index in [4.69, 9.17) is 56.8 Å². The lowest BCUT2D eigenvalue weighted by atomic mass is 9.88. The molecule has 0 bridgehead atoms.